The standard InChI is InChI=1S/C18H20N2O4/c21-15-5-2-1-4-14(15)20-17(22)12-7-9-13(10-8-12)19-18(23)16-6-3-11-24-16/h3,6-11,14-15,21H,1-2,4-5H2,(H,19,23)(H,20,22). The van der Waals surface area contributed by atoms with Gasteiger partial charge in [0, 0.05) is 11.3 Å². The highest BCUT2D eigenvalue weighted by Gasteiger charge is 2.24. The third kappa shape index (κ3) is 3.83. The highest BCUT2D eigenvalue weighted by molar-refractivity contribution is 6.02. The molecule has 2 unspecified atom stereocenters. The molecule has 2 atom stereocenters. The van der Waals surface area contributed by atoms with Crippen LogP contribution in [0.3, 0.4) is 0 Å². The van der Waals surface area contributed by atoms with Crippen LogP contribution in [0.5, 0.6) is 0 Å². The molecule has 0 radical (unpaired) electrons. The molecule has 0 aliphatic heterocycles. The van der Waals surface area contributed by atoms with Crippen LogP contribution in [0.2, 0.25) is 0 Å². The molecule has 1 aliphatic rings. The summed E-state index contributed by atoms with van der Waals surface area (Å²) in [4.78, 5) is 24.1. The Bertz CT molecular complexity index is 694. The van der Waals surface area contributed by atoms with E-state index in [-0.39, 0.29) is 23.6 Å². The number of hydrogen-bond donors (Lipinski definition) is 3. The van der Waals surface area contributed by atoms with Gasteiger partial charge in [-0.2, -0.15) is 0 Å². The quantitative estimate of drug-likeness (QED) is 0.804. The first kappa shape index (κ1) is 16.3. The number of amides is 2. The molecule has 1 aromatic heterocycles. The van der Waals surface area contributed by atoms with E-state index in [4.69, 9.17) is 4.42 Å². The maximum atomic E-state index is 12.3. The van der Waals surface area contributed by atoms with E-state index in [1.165, 1.54) is 6.26 Å². The van der Waals surface area contributed by atoms with Crippen LogP contribution in [0, 0.1) is 0 Å². The van der Waals surface area contributed by atoms with E-state index in [0.717, 1.165) is 25.7 Å². The van der Waals surface area contributed by atoms with E-state index in [1.54, 1.807) is 36.4 Å². The minimum absolute atomic E-state index is 0.190. The lowest BCUT2D eigenvalue weighted by Gasteiger charge is -2.28. The Labute approximate surface area is 139 Å². The number of nitrogens with one attached hydrogen (secondary N) is 2. The summed E-state index contributed by atoms with van der Waals surface area (Å²) >= 11 is 0. The first-order valence-corrected chi connectivity index (χ1v) is 8.07. The van der Waals surface area contributed by atoms with E-state index in [1.807, 2.05) is 0 Å². The van der Waals surface area contributed by atoms with Crippen molar-refractivity contribution >= 4 is 17.5 Å². The van der Waals surface area contributed by atoms with E-state index in [2.05, 4.69) is 10.6 Å². The first-order chi connectivity index (χ1) is 11.6. The van der Waals surface area contributed by atoms with Gasteiger partial charge in [-0.05, 0) is 49.2 Å². The zero-order valence-corrected chi connectivity index (χ0v) is 13.2. The molecular weight excluding hydrogens is 308 g/mol. The second-order valence-electron chi connectivity index (χ2n) is 5.94. The Morgan fingerprint density at radius 1 is 1.04 bits per heavy atom. The molecule has 1 fully saturated rings. The number of aliphatic hydroxyl groups excluding tert-OH is 1. The van der Waals surface area contributed by atoms with Gasteiger partial charge in [0.15, 0.2) is 5.76 Å². The minimum Gasteiger partial charge on any atom is -0.459 e. The Morgan fingerprint density at radius 3 is 2.46 bits per heavy atom. The number of anilines is 1. The predicted octanol–water partition coefficient (Wildman–Crippen LogP) is 2.57. The van der Waals surface area contributed by atoms with Gasteiger partial charge in [-0.15, -0.1) is 0 Å². The van der Waals surface area contributed by atoms with Crippen molar-refractivity contribution in [2.24, 2.45) is 0 Å². The molecule has 0 spiro atoms. The van der Waals surface area contributed by atoms with Gasteiger partial charge >= 0.3 is 0 Å². The fourth-order valence-electron chi connectivity index (χ4n) is 2.84. The number of hydrogen-bond acceptors (Lipinski definition) is 4. The number of aliphatic hydroxyl groups is 1. The number of carbonyl (C=O) groups excluding carboxylic acids is 2. The molecule has 1 saturated carbocycles. The average molecular weight is 328 g/mol. The van der Waals surface area contributed by atoms with Crippen LogP contribution in [-0.4, -0.2) is 29.1 Å². The molecule has 2 amide bonds. The Balaban J connectivity index is 1.59. The van der Waals surface area contributed by atoms with Crippen LogP contribution in [-0.2, 0) is 0 Å². The van der Waals surface area contributed by atoms with Gasteiger partial charge in [-0.3, -0.25) is 9.59 Å². The van der Waals surface area contributed by atoms with Crippen molar-refractivity contribution in [3.8, 4) is 0 Å². The molecule has 24 heavy (non-hydrogen) atoms. The Hall–Kier alpha value is -2.60. The Kier molecular flexibility index (Phi) is 4.96. The van der Waals surface area contributed by atoms with Crippen LogP contribution in [0.4, 0.5) is 5.69 Å². The SMILES string of the molecule is O=C(NC1CCCCC1O)c1ccc(NC(=O)c2ccco2)cc1. The van der Waals surface area contributed by atoms with Crippen LogP contribution >= 0.6 is 0 Å². The summed E-state index contributed by atoms with van der Waals surface area (Å²) in [6.45, 7) is 0. The van der Waals surface area contributed by atoms with E-state index >= 15 is 0 Å². The summed E-state index contributed by atoms with van der Waals surface area (Å²) in [6.07, 6.45) is 4.49. The second-order valence-corrected chi connectivity index (χ2v) is 5.94. The van der Waals surface area contributed by atoms with Gasteiger partial charge in [0.05, 0.1) is 18.4 Å². The summed E-state index contributed by atoms with van der Waals surface area (Å²) in [5.74, 6) is -0.338. The smallest absolute Gasteiger partial charge is 0.291 e. The van der Waals surface area contributed by atoms with Crippen molar-refractivity contribution in [2.75, 3.05) is 5.32 Å². The topological polar surface area (TPSA) is 91.6 Å². The summed E-state index contributed by atoms with van der Waals surface area (Å²) in [6, 6.07) is 9.63. The molecule has 1 aliphatic carbocycles. The lowest BCUT2D eigenvalue weighted by atomic mass is 9.92. The van der Waals surface area contributed by atoms with E-state index < -0.39 is 6.10 Å². The zero-order valence-electron chi connectivity index (χ0n) is 13.2. The molecule has 6 heteroatoms. The van der Waals surface area contributed by atoms with Crippen LogP contribution in [0.15, 0.2) is 47.1 Å². The first-order valence-electron chi connectivity index (χ1n) is 8.07. The minimum atomic E-state index is -0.477. The van der Waals surface area contributed by atoms with Gasteiger partial charge in [-0.25, -0.2) is 0 Å². The molecule has 3 rings (SSSR count). The number of furan rings is 1. The van der Waals surface area contributed by atoms with Gasteiger partial charge in [0.2, 0.25) is 0 Å². The monoisotopic (exact) mass is 328 g/mol. The van der Waals surface area contributed by atoms with Crippen molar-refractivity contribution in [3.63, 3.8) is 0 Å². The number of benzene rings is 1. The third-order valence-corrected chi connectivity index (χ3v) is 4.20. The molecular formula is C18H20N2O4. The van der Waals surface area contributed by atoms with E-state index in [9.17, 15) is 14.7 Å². The van der Waals surface area contributed by atoms with Crippen molar-refractivity contribution in [3.05, 3.63) is 54.0 Å². The average Bonchev–Trinajstić information content (AvgIpc) is 3.12. The fraction of sp³-hybridized carbons (Fsp3) is 0.333. The lowest BCUT2D eigenvalue weighted by molar-refractivity contribution is 0.0717. The molecule has 2 aromatic rings. The van der Waals surface area contributed by atoms with Gasteiger partial charge < -0.3 is 20.2 Å². The van der Waals surface area contributed by atoms with Gasteiger partial charge in [-0.1, -0.05) is 12.8 Å². The largest absolute Gasteiger partial charge is 0.459 e. The van der Waals surface area contributed by atoms with Gasteiger partial charge in [0.1, 0.15) is 0 Å². The highest BCUT2D eigenvalue weighted by Crippen LogP contribution is 2.19. The molecule has 0 bridgehead atoms. The number of carbonyl (C=O) groups is 2. The van der Waals surface area contributed by atoms with Gasteiger partial charge in [0.25, 0.3) is 11.8 Å². The van der Waals surface area contributed by atoms with Crippen LogP contribution in [0.1, 0.15) is 46.6 Å². The third-order valence-electron chi connectivity index (χ3n) is 4.20. The van der Waals surface area contributed by atoms with Crippen molar-refractivity contribution in [1.29, 1.82) is 0 Å². The van der Waals surface area contributed by atoms with Crippen molar-refractivity contribution < 1.29 is 19.1 Å². The summed E-state index contributed by atoms with van der Waals surface area (Å²) in [7, 11) is 0. The number of rotatable bonds is 4. The van der Waals surface area contributed by atoms with Crippen molar-refractivity contribution in [2.45, 2.75) is 37.8 Å². The molecule has 6 nitrogen and oxygen atoms in total. The molecule has 1 heterocycles. The second kappa shape index (κ2) is 7.31. The van der Waals surface area contributed by atoms with Crippen LogP contribution in [0.25, 0.3) is 0 Å². The highest BCUT2D eigenvalue weighted by atomic mass is 16.3. The lowest BCUT2D eigenvalue weighted by Crippen LogP contribution is -2.45. The molecule has 3 N–H and O–H groups in total. The Morgan fingerprint density at radius 2 is 1.79 bits per heavy atom. The predicted molar refractivity (Wildman–Crippen MR) is 88.8 cm³/mol. The molecule has 1 aromatic carbocycles. The normalized spacial score (nSPS) is 20.4. The van der Waals surface area contributed by atoms with Crippen LogP contribution < -0.4 is 10.6 Å². The zero-order chi connectivity index (χ0) is 16.9. The maximum absolute atomic E-state index is 12.3. The van der Waals surface area contributed by atoms with Crippen molar-refractivity contribution in [1.82, 2.24) is 5.32 Å². The molecule has 126 valence electrons. The summed E-state index contributed by atoms with van der Waals surface area (Å²) in [5, 5.41) is 15.5. The fourth-order valence-corrected chi connectivity index (χ4v) is 2.84. The maximum Gasteiger partial charge on any atom is 0.291 e. The summed E-state index contributed by atoms with van der Waals surface area (Å²) < 4.78 is 5.02. The van der Waals surface area contributed by atoms with E-state index in [0.29, 0.717) is 11.3 Å². The molecule has 0 saturated heterocycles. The summed E-state index contributed by atoms with van der Waals surface area (Å²) in [5.41, 5.74) is 1.06.